The summed E-state index contributed by atoms with van der Waals surface area (Å²) in [5.74, 6) is -1.25. The molecule has 2 rings (SSSR count). The van der Waals surface area contributed by atoms with Gasteiger partial charge >= 0.3 is 12.1 Å². The standard InChI is InChI=1S/C11H10N4O4/c1-19-11(18)15-13-8(7-5-3-2-4-6-7)9(10(16)17)12-14-15/h2-6,14H,1H3,(H,16,17). The van der Waals surface area contributed by atoms with Crippen molar-refractivity contribution in [3.63, 3.8) is 0 Å². The monoisotopic (exact) mass is 262 g/mol. The van der Waals surface area contributed by atoms with Gasteiger partial charge in [0.25, 0.3) is 0 Å². The predicted molar refractivity (Wildman–Crippen MR) is 65.4 cm³/mol. The molecule has 0 atom stereocenters. The van der Waals surface area contributed by atoms with Crippen molar-refractivity contribution in [2.45, 2.75) is 0 Å². The van der Waals surface area contributed by atoms with E-state index >= 15 is 0 Å². The van der Waals surface area contributed by atoms with Crippen molar-refractivity contribution in [3.8, 4) is 0 Å². The Hall–Kier alpha value is -2.90. The molecular formula is C11H10N4O4. The van der Waals surface area contributed by atoms with Gasteiger partial charge in [-0.05, 0) is 0 Å². The number of rotatable bonds is 2. The van der Waals surface area contributed by atoms with Gasteiger partial charge in [-0.1, -0.05) is 35.4 Å². The van der Waals surface area contributed by atoms with Crippen LogP contribution in [-0.4, -0.2) is 40.8 Å². The fraction of sp³-hybridized carbons (Fsp3) is 0.0909. The lowest BCUT2D eigenvalue weighted by Crippen LogP contribution is -2.44. The molecule has 1 aliphatic heterocycles. The van der Waals surface area contributed by atoms with E-state index < -0.39 is 12.1 Å². The Kier molecular flexibility index (Phi) is 3.42. The van der Waals surface area contributed by atoms with Crippen LogP contribution in [0.15, 0.2) is 40.5 Å². The quantitative estimate of drug-likeness (QED) is 0.803. The molecule has 0 saturated carbocycles. The summed E-state index contributed by atoms with van der Waals surface area (Å²) in [7, 11) is 1.18. The van der Waals surface area contributed by atoms with Crippen molar-refractivity contribution in [1.82, 2.24) is 10.7 Å². The SMILES string of the molecule is COC(=O)N1N=C(c2ccccc2)C(C(=O)O)=NN1. The van der Waals surface area contributed by atoms with E-state index in [0.29, 0.717) is 5.56 Å². The molecule has 0 aliphatic carbocycles. The van der Waals surface area contributed by atoms with Crippen LogP contribution >= 0.6 is 0 Å². The van der Waals surface area contributed by atoms with Gasteiger partial charge < -0.3 is 9.84 Å². The number of ether oxygens (including phenoxy) is 1. The van der Waals surface area contributed by atoms with E-state index in [1.165, 1.54) is 7.11 Å². The van der Waals surface area contributed by atoms with E-state index in [-0.39, 0.29) is 11.4 Å². The van der Waals surface area contributed by atoms with Crippen molar-refractivity contribution in [3.05, 3.63) is 35.9 Å². The number of methoxy groups -OCH3 is 1. The molecule has 1 heterocycles. The number of hydrogen-bond acceptors (Lipinski definition) is 6. The van der Waals surface area contributed by atoms with Crippen molar-refractivity contribution in [2.24, 2.45) is 10.2 Å². The number of carbonyl (C=O) groups excluding carboxylic acids is 1. The topological polar surface area (TPSA) is 104 Å². The summed E-state index contributed by atoms with van der Waals surface area (Å²) in [5, 5.41) is 17.3. The first kappa shape index (κ1) is 12.6. The largest absolute Gasteiger partial charge is 0.476 e. The third-order valence-corrected chi connectivity index (χ3v) is 2.28. The molecule has 1 aromatic carbocycles. The second-order valence-electron chi connectivity index (χ2n) is 3.46. The first-order valence-electron chi connectivity index (χ1n) is 5.22. The fourth-order valence-electron chi connectivity index (χ4n) is 1.43. The summed E-state index contributed by atoms with van der Waals surface area (Å²) in [6.45, 7) is 0. The minimum Gasteiger partial charge on any atom is -0.476 e. The van der Waals surface area contributed by atoms with Crippen LogP contribution in [0.3, 0.4) is 0 Å². The Morgan fingerprint density at radius 2 is 2.00 bits per heavy atom. The molecule has 0 radical (unpaired) electrons. The minimum atomic E-state index is -1.25. The van der Waals surface area contributed by atoms with Crippen LogP contribution in [0.25, 0.3) is 0 Å². The Morgan fingerprint density at radius 3 is 2.58 bits per heavy atom. The summed E-state index contributed by atoms with van der Waals surface area (Å²) in [5.41, 5.74) is 2.49. The van der Waals surface area contributed by atoms with Gasteiger partial charge in [-0.2, -0.15) is 5.53 Å². The molecule has 0 fully saturated rings. The van der Waals surface area contributed by atoms with Crippen LogP contribution in [-0.2, 0) is 9.53 Å². The Balaban J connectivity index is 2.43. The maximum Gasteiger partial charge on any atom is 0.451 e. The molecular weight excluding hydrogens is 252 g/mol. The minimum absolute atomic E-state index is 0.0669. The molecule has 0 aromatic heterocycles. The third kappa shape index (κ3) is 2.51. The van der Waals surface area contributed by atoms with Gasteiger partial charge in [0, 0.05) is 5.56 Å². The fourth-order valence-corrected chi connectivity index (χ4v) is 1.43. The first-order valence-corrected chi connectivity index (χ1v) is 5.22. The van der Waals surface area contributed by atoms with Crippen molar-refractivity contribution >= 4 is 23.5 Å². The Morgan fingerprint density at radius 1 is 1.32 bits per heavy atom. The summed E-state index contributed by atoms with van der Waals surface area (Å²) >= 11 is 0. The lowest BCUT2D eigenvalue weighted by molar-refractivity contribution is -0.129. The number of benzene rings is 1. The number of hydrogen-bond donors (Lipinski definition) is 2. The van der Waals surface area contributed by atoms with Gasteiger partial charge in [0.15, 0.2) is 5.71 Å². The number of nitrogens with one attached hydrogen (secondary N) is 1. The Bertz CT molecular complexity index is 567. The highest BCUT2D eigenvalue weighted by molar-refractivity contribution is 6.68. The smallest absolute Gasteiger partial charge is 0.451 e. The zero-order chi connectivity index (χ0) is 13.8. The van der Waals surface area contributed by atoms with Gasteiger partial charge in [0.1, 0.15) is 5.71 Å². The highest BCUT2D eigenvalue weighted by Gasteiger charge is 2.27. The van der Waals surface area contributed by atoms with Gasteiger partial charge in [0.05, 0.1) is 7.11 Å². The number of carboxylic acid groups (broad SMARTS) is 1. The van der Waals surface area contributed by atoms with Crippen LogP contribution in [0.2, 0.25) is 0 Å². The van der Waals surface area contributed by atoms with E-state index in [0.717, 1.165) is 5.12 Å². The lowest BCUT2D eigenvalue weighted by atomic mass is 10.1. The highest BCUT2D eigenvalue weighted by atomic mass is 16.6. The molecule has 98 valence electrons. The van der Waals surface area contributed by atoms with Crippen molar-refractivity contribution in [2.75, 3.05) is 7.11 Å². The second kappa shape index (κ2) is 5.17. The maximum absolute atomic E-state index is 11.3. The molecule has 0 spiro atoms. The number of hydrazine groups is 1. The van der Waals surface area contributed by atoms with E-state index in [9.17, 15) is 9.59 Å². The molecule has 1 aliphatic rings. The second-order valence-corrected chi connectivity index (χ2v) is 3.46. The number of aliphatic carboxylic acids is 1. The first-order chi connectivity index (χ1) is 9.13. The number of carboxylic acids is 1. The van der Waals surface area contributed by atoms with Crippen molar-refractivity contribution < 1.29 is 19.4 Å². The number of hydrazone groups is 2. The van der Waals surface area contributed by atoms with Crippen LogP contribution < -0.4 is 5.53 Å². The Labute approximate surface area is 107 Å². The van der Waals surface area contributed by atoms with Crippen LogP contribution in [0.4, 0.5) is 4.79 Å². The van der Waals surface area contributed by atoms with Crippen LogP contribution in [0.1, 0.15) is 5.56 Å². The van der Waals surface area contributed by atoms with Gasteiger partial charge in [0.2, 0.25) is 0 Å². The molecule has 19 heavy (non-hydrogen) atoms. The average Bonchev–Trinajstić information content (AvgIpc) is 2.46. The summed E-state index contributed by atoms with van der Waals surface area (Å²) < 4.78 is 4.47. The van der Waals surface area contributed by atoms with Crippen molar-refractivity contribution in [1.29, 1.82) is 0 Å². The molecule has 0 unspecified atom stereocenters. The van der Waals surface area contributed by atoms with E-state index in [1.54, 1.807) is 30.3 Å². The van der Waals surface area contributed by atoms with Crippen LogP contribution in [0, 0.1) is 0 Å². The highest BCUT2D eigenvalue weighted by Crippen LogP contribution is 2.08. The molecule has 0 bridgehead atoms. The van der Waals surface area contributed by atoms with Gasteiger partial charge in [-0.3, -0.25) is 0 Å². The molecule has 2 N–H and O–H groups in total. The van der Waals surface area contributed by atoms with Gasteiger partial charge in [-0.15, -0.1) is 10.2 Å². The zero-order valence-corrected chi connectivity index (χ0v) is 9.90. The number of amides is 1. The third-order valence-electron chi connectivity index (χ3n) is 2.28. The van der Waals surface area contributed by atoms with Gasteiger partial charge in [-0.25, -0.2) is 9.59 Å². The summed E-state index contributed by atoms with van der Waals surface area (Å²) in [4.78, 5) is 22.4. The normalized spacial score (nSPS) is 14.1. The van der Waals surface area contributed by atoms with E-state index in [2.05, 4.69) is 20.5 Å². The molecule has 8 heteroatoms. The average molecular weight is 262 g/mol. The van der Waals surface area contributed by atoms with E-state index in [1.807, 2.05) is 0 Å². The molecule has 8 nitrogen and oxygen atoms in total. The zero-order valence-electron chi connectivity index (χ0n) is 9.90. The lowest BCUT2D eigenvalue weighted by Gasteiger charge is -2.20. The summed E-state index contributed by atoms with van der Waals surface area (Å²) in [6, 6.07) is 8.56. The molecule has 1 amide bonds. The van der Waals surface area contributed by atoms with E-state index in [4.69, 9.17) is 5.11 Å². The number of nitrogens with zero attached hydrogens (tertiary/aromatic N) is 3. The molecule has 0 saturated heterocycles. The maximum atomic E-state index is 11.3. The number of carbonyl (C=O) groups is 2. The molecule has 1 aromatic rings. The predicted octanol–water partition coefficient (Wildman–Crippen LogP) is 0.418. The van der Waals surface area contributed by atoms with Crippen LogP contribution in [0.5, 0.6) is 0 Å². The summed E-state index contributed by atoms with van der Waals surface area (Å²) in [6.07, 6.45) is -0.804.